The van der Waals surface area contributed by atoms with Gasteiger partial charge in [0.25, 0.3) is 0 Å². The Morgan fingerprint density at radius 2 is 2.24 bits per heavy atom. The molecule has 8 heteroatoms. The summed E-state index contributed by atoms with van der Waals surface area (Å²) in [4.78, 5) is 36.4. The van der Waals surface area contributed by atoms with Crippen molar-refractivity contribution in [1.29, 1.82) is 1.34 Å². The van der Waals surface area contributed by atoms with Crippen LogP contribution < -0.4 is 0 Å². The number of hydrogen-bond donors (Lipinski definition) is 0. The van der Waals surface area contributed by atoms with E-state index in [1.807, 2.05) is 0 Å². The minimum Gasteiger partial charge on any atom is 0 e. The number of likely N-dealkylation sites (tertiary alicyclic amines) is 1. The molecule has 1 heterocycles. The number of allylic oxidation sites excluding steroid dienone is 1. The normalized spacial score (nSPS) is 19.4. The van der Waals surface area contributed by atoms with E-state index < -0.39 is 29.7 Å². The van der Waals surface area contributed by atoms with Crippen LogP contribution in [0.15, 0.2) is 6.08 Å². The van der Waals surface area contributed by atoms with Gasteiger partial charge in [0.05, 0.1) is 0 Å². The van der Waals surface area contributed by atoms with Gasteiger partial charge in [0.2, 0.25) is 0 Å². The van der Waals surface area contributed by atoms with Crippen molar-refractivity contribution in [3.8, 4) is 0 Å². The molecule has 0 saturated carbocycles. The largest absolute Gasteiger partial charge is 0 e. The van der Waals surface area contributed by atoms with Gasteiger partial charge in [-0.05, 0) is 0 Å². The molecule has 0 aromatic rings. The van der Waals surface area contributed by atoms with E-state index in [1.165, 1.54) is 11.8 Å². The molecular formula is C13H16BNO4WY-. The first-order valence-corrected chi connectivity index (χ1v) is 7.67. The summed E-state index contributed by atoms with van der Waals surface area (Å²) < 4.78 is 13.4. The average molecular weight is 535 g/mol. The number of carbonyl (C=O) groups is 3. The molecule has 0 N–H and O–H groups in total. The van der Waals surface area contributed by atoms with Crippen molar-refractivity contribution >= 4 is 29.4 Å². The van der Waals surface area contributed by atoms with E-state index in [0.717, 1.165) is 31.1 Å². The number of amides is 1. The molecule has 1 saturated heterocycles. The van der Waals surface area contributed by atoms with Crippen LogP contribution >= 0.6 is 0 Å². The molecule has 1 aliphatic heterocycles. The standard InChI is InChI=1S/C13H16BNO4.W.Y/c1-3-4-7-11(14)19-13(18)10-6-5-8-15(10)12(17)9(2)16;;/h4,10-11,14H,5-6,8H2,1-2H3;;/q-1;;/i14D;;. The van der Waals surface area contributed by atoms with Gasteiger partial charge in [-0.2, -0.15) is 0 Å². The molecule has 5 nitrogen and oxygen atoms in total. The Morgan fingerprint density at radius 3 is 2.76 bits per heavy atom. The third kappa shape index (κ3) is 6.00. The maximum atomic E-state index is 12.2. The fourth-order valence-electron chi connectivity index (χ4n) is 1.94. The molecule has 0 aromatic carbocycles. The monoisotopic (exact) mass is 535 g/mol. The minimum absolute atomic E-state index is 0. The van der Waals surface area contributed by atoms with Crippen molar-refractivity contribution in [1.82, 2.24) is 4.90 Å². The fourth-order valence-corrected chi connectivity index (χ4v) is 2.54. The number of carbonyl (C=O) groups excluding carboxylic acids is 3. The molecule has 2 unspecified atom stereocenters. The molecule has 0 spiro atoms. The third-order valence-corrected chi connectivity index (χ3v) is 4.16. The smallest absolute Gasteiger partial charge is 0 e. The van der Waals surface area contributed by atoms with Crippen molar-refractivity contribution in [2.75, 3.05) is 6.54 Å². The second-order valence-corrected chi connectivity index (χ2v) is 6.10. The van der Waals surface area contributed by atoms with E-state index in [4.69, 9.17) is 6.07 Å². The molecule has 0 aromatic heterocycles. The second kappa shape index (κ2) is 9.97. The Labute approximate surface area is 163 Å². The zero-order chi connectivity index (χ0) is 16.0. The van der Waals surface area contributed by atoms with E-state index >= 15 is 0 Å². The summed E-state index contributed by atoms with van der Waals surface area (Å²) in [5.41, 5.74) is 0. The molecule has 0 aliphatic carbocycles. The Morgan fingerprint density at radius 1 is 1.57 bits per heavy atom. The minimum atomic E-state index is -0.741. The third-order valence-electron chi connectivity index (χ3n) is 2.90. The van der Waals surface area contributed by atoms with Gasteiger partial charge >= 0.3 is 132 Å². The predicted octanol–water partition coefficient (Wildman–Crippen LogP) is -0.568. The summed E-state index contributed by atoms with van der Waals surface area (Å²) in [6, 6.07) is -1.48. The predicted molar refractivity (Wildman–Crippen MR) is 70.9 cm³/mol. The van der Waals surface area contributed by atoms with Gasteiger partial charge in [0, 0.05) is 32.7 Å². The Bertz CT molecular complexity index is 489. The van der Waals surface area contributed by atoms with Gasteiger partial charge in [-0.15, -0.1) is 0 Å². The summed E-state index contributed by atoms with van der Waals surface area (Å²) >= 11 is 1.07. The Balaban J connectivity index is 0.00000441. The number of ketones is 1. The summed E-state index contributed by atoms with van der Waals surface area (Å²) in [7, 11) is 1.04. The van der Waals surface area contributed by atoms with Crippen molar-refractivity contribution in [3.63, 3.8) is 0 Å². The Hall–Kier alpha value is 0.0771. The zero-order valence-electron chi connectivity index (χ0n) is 13.0. The molecule has 21 heavy (non-hydrogen) atoms. The summed E-state index contributed by atoms with van der Waals surface area (Å²) in [6.45, 7) is 3.28. The first-order valence-electron chi connectivity index (χ1n) is 6.78. The van der Waals surface area contributed by atoms with Crippen molar-refractivity contribution < 1.29 is 71.2 Å². The first kappa shape index (κ1) is 19.1. The van der Waals surface area contributed by atoms with Gasteiger partial charge in [-0.3, -0.25) is 0 Å². The maximum Gasteiger partial charge on any atom is 0 e. The zero-order valence-corrected chi connectivity index (χ0v) is 17.8. The quantitative estimate of drug-likeness (QED) is 0.198. The summed E-state index contributed by atoms with van der Waals surface area (Å²) in [5.74, 6) is -1.82. The second-order valence-electron chi connectivity index (χ2n) is 4.41. The molecule has 0 bridgehead atoms. The van der Waals surface area contributed by atoms with E-state index in [1.54, 1.807) is 13.0 Å². The average Bonchev–Trinajstić information content (AvgIpc) is 2.92. The van der Waals surface area contributed by atoms with Crippen LogP contribution in [0, 0.1) is 6.08 Å². The molecule has 1 rings (SSSR count). The van der Waals surface area contributed by atoms with Crippen LogP contribution in [-0.4, -0.2) is 54.2 Å². The van der Waals surface area contributed by atoms with Crippen molar-refractivity contribution in [2.45, 2.75) is 38.7 Å². The fraction of sp³-hybridized carbons (Fsp3) is 0.538. The number of esters is 1. The van der Waals surface area contributed by atoms with Crippen LogP contribution in [0.2, 0.25) is 0 Å². The van der Waals surface area contributed by atoms with Gasteiger partial charge in [0.1, 0.15) is 0 Å². The van der Waals surface area contributed by atoms with Crippen LogP contribution in [0.3, 0.4) is 0 Å². The first-order chi connectivity index (χ1) is 9.92. The van der Waals surface area contributed by atoms with Crippen molar-refractivity contribution in [3.05, 3.63) is 12.2 Å². The number of Topliss-reactive ketones (excluding diaryl/α,β-unsaturated/α-hetero) is 1. The Kier molecular flexibility index (Phi) is 9.08. The molecule has 110 valence electrons. The number of ether oxygens (including phenoxy) is 1. The van der Waals surface area contributed by atoms with Gasteiger partial charge in [0.15, 0.2) is 0 Å². The van der Waals surface area contributed by atoms with Crippen LogP contribution in [0.5, 0.6) is 0 Å². The van der Waals surface area contributed by atoms with Gasteiger partial charge in [-0.25, -0.2) is 0 Å². The van der Waals surface area contributed by atoms with Gasteiger partial charge in [-0.1, -0.05) is 0 Å². The summed E-state index contributed by atoms with van der Waals surface area (Å²) in [6.07, 6.45) is 5.63. The van der Waals surface area contributed by atoms with E-state index in [0.29, 0.717) is 19.4 Å². The number of rotatable bonds is 6. The van der Waals surface area contributed by atoms with Gasteiger partial charge < -0.3 is 0 Å². The molecule has 1 fully saturated rings. The van der Waals surface area contributed by atoms with Crippen LogP contribution in [-0.2, 0) is 71.2 Å². The molecule has 1 amide bonds. The van der Waals surface area contributed by atoms with Crippen LogP contribution in [0.4, 0.5) is 0 Å². The molecular weight excluding hydrogens is 518 g/mol. The summed E-state index contributed by atoms with van der Waals surface area (Å²) in [5, 5.41) is 0. The van der Waals surface area contributed by atoms with E-state index in [9.17, 15) is 14.4 Å². The SMILES string of the molecule is [2H][B]C(OC(=O)C1CCCN1C(=O)C(C)=O)[C](=[W])C=[C-]C.[Y]. The molecule has 2 radical (unpaired) electrons. The maximum absolute atomic E-state index is 12.2. The molecule has 2 atom stereocenters. The number of nitrogens with zero attached hydrogens (tertiary/aromatic N) is 1. The topological polar surface area (TPSA) is 63.7 Å². The van der Waals surface area contributed by atoms with Crippen molar-refractivity contribution in [2.24, 2.45) is 0 Å². The molecule has 1 aliphatic rings. The number of hydrogen-bond acceptors (Lipinski definition) is 4. The van der Waals surface area contributed by atoms with E-state index in [2.05, 4.69) is 6.08 Å². The van der Waals surface area contributed by atoms with Crippen LogP contribution in [0.25, 0.3) is 0 Å². The van der Waals surface area contributed by atoms with Crippen LogP contribution in [0.1, 0.15) is 26.7 Å². The van der Waals surface area contributed by atoms with E-state index in [-0.39, 0.29) is 32.7 Å².